The van der Waals surface area contributed by atoms with E-state index in [4.69, 9.17) is 15.8 Å². The van der Waals surface area contributed by atoms with Gasteiger partial charge in [0.2, 0.25) is 0 Å². The maximum atomic E-state index is 11.7. The number of hydrogen-bond acceptors (Lipinski definition) is 4. The number of anilines is 1. The number of nitrogen functional groups attached to an aromatic ring is 1. The first-order valence-electron chi connectivity index (χ1n) is 5.59. The minimum Gasteiger partial charge on any atom is -0.423 e. The molecule has 0 aliphatic heterocycles. The summed E-state index contributed by atoms with van der Waals surface area (Å²) in [5, 5.41) is 20.8. The summed E-state index contributed by atoms with van der Waals surface area (Å²) in [5.74, 6) is -0.257. The lowest BCUT2D eigenvalue weighted by molar-refractivity contribution is 0.0953. The van der Waals surface area contributed by atoms with Gasteiger partial charge in [-0.05, 0) is 30.1 Å². The van der Waals surface area contributed by atoms with Crippen LogP contribution >= 0.6 is 0 Å². The maximum Gasteiger partial charge on any atom is 0.488 e. The van der Waals surface area contributed by atoms with Crippen LogP contribution in [0.15, 0.2) is 18.2 Å². The van der Waals surface area contributed by atoms with Crippen LogP contribution in [0.5, 0.6) is 0 Å². The Labute approximate surface area is 101 Å². The van der Waals surface area contributed by atoms with Gasteiger partial charge in [0, 0.05) is 17.8 Å². The van der Waals surface area contributed by atoms with Crippen molar-refractivity contribution < 1.29 is 14.8 Å². The lowest BCUT2D eigenvalue weighted by atomic mass is 9.79. The van der Waals surface area contributed by atoms with E-state index in [9.17, 15) is 4.79 Å². The van der Waals surface area contributed by atoms with Crippen molar-refractivity contribution in [1.82, 2.24) is 5.32 Å². The van der Waals surface area contributed by atoms with Crippen molar-refractivity contribution in [3.05, 3.63) is 23.8 Å². The molecular weight excluding hydrogens is 219 g/mol. The molecule has 0 saturated carbocycles. The highest BCUT2D eigenvalue weighted by Gasteiger charge is 2.15. The average molecular weight is 236 g/mol. The van der Waals surface area contributed by atoms with Gasteiger partial charge in [-0.3, -0.25) is 4.79 Å². The summed E-state index contributed by atoms with van der Waals surface area (Å²) in [5.41, 5.74) is 6.47. The zero-order valence-electron chi connectivity index (χ0n) is 9.81. The van der Waals surface area contributed by atoms with Crippen molar-refractivity contribution in [2.45, 2.75) is 19.8 Å². The van der Waals surface area contributed by atoms with Crippen LogP contribution < -0.4 is 16.5 Å². The molecule has 1 aromatic carbocycles. The fourth-order valence-electron chi connectivity index (χ4n) is 1.44. The molecule has 0 saturated heterocycles. The van der Waals surface area contributed by atoms with Crippen LogP contribution in [0.1, 0.15) is 30.1 Å². The molecule has 0 spiro atoms. The first-order chi connectivity index (χ1) is 8.04. The normalized spacial score (nSPS) is 10.1. The minimum atomic E-state index is -1.62. The number of carbonyl (C=O) groups is 1. The van der Waals surface area contributed by atoms with Gasteiger partial charge in [0.05, 0.1) is 0 Å². The SMILES string of the molecule is CCCCNC(=O)c1cc(N)cc(B(O)O)c1. The van der Waals surface area contributed by atoms with E-state index in [1.54, 1.807) is 0 Å². The zero-order valence-corrected chi connectivity index (χ0v) is 9.81. The smallest absolute Gasteiger partial charge is 0.423 e. The van der Waals surface area contributed by atoms with E-state index < -0.39 is 7.12 Å². The number of hydrogen-bond donors (Lipinski definition) is 4. The second-order valence-electron chi connectivity index (χ2n) is 3.87. The van der Waals surface area contributed by atoms with E-state index in [0.29, 0.717) is 17.8 Å². The van der Waals surface area contributed by atoms with E-state index in [2.05, 4.69) is 5.32 Å². The Bertz CT molecular complexity index is 396. The zero-order chi connectivity index (χ0) is 12.8. The fourth-order valence-corrected chi connectivity index (χ4v) is 1.44. The van der Waals surface area contributed by atoms with Crippen LogP contribution in [0.3, 0.4) is 0 Å². The summed E-state index contributed by atoms with van der Waals surface area (Å²) in [6.07, 6.45) is 1.90. The lowest BCUT2D eigenvalue weighted by Crippen LogP contribution is -2.32. The van der Waals surface area contributed by atoms with Gasteiger partial charge in [-0.15, -0.1) is 0 Å². The van der Waals surface area contributed by atoms with Crippen LogP contribution in [0, 0.1) is 0 Å². The molecule has 0 aromatic heterocycles. The van der Waals surface area contributed by atoms with Crippen LogP contribution in [0.25, 0.3) is 0 Å². The molecule has 0 unspecified atom stereocenters. The molecule has 0 aliphatic rings. The maximum absolute atomic E-state index is 11.7. The van der Waals surface area contributed by atoms with Crippen molar-refractivity contribution in [2.24, 2.45) is 0 Å². The molecule has 0 heterocycles. The van der Waals surface area contributed by atoms with Crippen molar-refractivity contribution in [2.75, 3.05) is 12.3 Å². The van der Waals surface area contributed by atoms with Crippen LogP contribution in [-0.4, -0.2) is 29.6 Å². The van der Waals surface area contributed by atoms with E-state index in [1.165, 1.54) is 18.2 Å². The van der Waals surface area contributed by atoms with Crippen LogP contribution in [0.4, 0.5) is 5.69 Å². The molecule has 0 radical (unpaired) electrons. The topological polar surface area (TPSA) is 95.6 Å². The molecule has 0 atom stereocenters. The summed E-state index contributed by atoms with van der Waals surface area (Å²) in [4.78, 5) is 11.7. The Kier molecular flexibility index (Phi) is 4.99. The quantitative estimate of drug-likeness (QED) is 0.314. The highest BCUT2D eigenvalue weighted by atomic mass is 16.4. The molecule has 5 N–H and O–H groups in total. The molecule has 92 valence electrons. The second kappa shape index (κ2) is 6.27. The number of nitrogens with one attached hydrogen (secondary N) is 1. The first kappa shape index (κ1) is 13.5. The third-order valence-corrected chi connectivity index (χ3v) is 2.35. The lowest BCUT2D eigenvalue weighted by Gasteiger charge is -2.07. The van der Waals surface area contributed by atoms with Gasteiger partial charge in [0.15, 0.2) is 0 Å². The van der Waals surface area contributed by atoms with Crippen molar-refractivity contribution >= 4 is 24.2 Å². The monoisotopic (exact) mass is 236 g/mol. The van der Waals surface area contributed by atoms with E-state index in [-0.39, 0.29) is 11.4 Å². The second-order valence-corrected chi connectivity index (χ2v) is 3.87. The Balaban J connectivity index is 2.79. The van der Waals surface area contributed by atoms with Crippen molar-refractivity contribution in [1.29, 1.82) is 0 Å². The minimum absolute atomic E-state index is 0.214. The van der Waals surface area contributed by atoms with Gasteiger partial charge in [0.1, 0.15) is 0 Å². The number of carbonyl (C=O) groups excluding carboxylic acids is 1. The van der Waals surface area contributed by atoms with Crippen molar-refractivity contribution in [3.8, 4) is 0 Å². The van der Waals surface area contributed by atoms with Crippen LogP contribution in [0.2, 0.25) is 0 Å². The summed E-state index contributed by atoms with van der Waals surface area (Å²) in [6.45, 7) is 2.63. The largest absolute Gasteiger partial charge is 0.488 e. The summed E-state index contributed by atoms with van der Waals surface area (Å²) in [7, 11) is -1.62. The molecular formula is C11H17BN2O3. The molecule has 17 heavy (non-hydrogen) atoms. The van der Waals surface area contributed by atoms with Gasteiger partial charge in [-0.2, -0.15) is 0 Å². The van der Waals surface area contributed by atoms with Gasteiger partial charge in [-0.25, -0.2) is 0 Å². The Morgan fingerprint density at radius 3 is 2.71 bits per heavy atom. The predicted octanol–water partition coefficient (Wildman–Crippen LogP) is -0.521. The number of amides is 1. The van der Waals surface area contributed by atoms with Gasteiger partial charge in [-0.1, -0.05) is 13.3 Å². The predicted molar refractivity (Wildman–Crippen MR) is 67.9 cm³/mol. The Hall–Kier alpha value is -1.53. The molecule has 1 aromatic rings. The fraction of sp³-hybridized carbons (Fsp3) is 0.364. The highest BCUT2D eigenvalue weighted by molar-refractivity contribution is 6.58. The van der Waals surface area contributed by atoms with Crippen LogP contribution in [-0.2, 0) is 0 Å². The Morgan fingerprint density at radius 1 is 1.41 bits per heavy atom. The van der Waals surface area contributed by atoms with E-state index in [1.807, 2.05) is 6.92 Å². The summed E-state index contributed by atoms with van der Waals surface area (Å²) in [6, 6.07) is 4.35. The third kappa shape index (κ3) is 4.09. The van der Waals surface area contributed by atoms with Gasteiger partial charge >= 0.3 is 7.12 Å². The van der Waals surface area contributed by atoms with E-state index >= 15 is 0 Å². The molecule has 1 rings (SSSR count). The molecule has 0 fully saturated rings. The highest BCUT2D eigenvalue weighted by Crippen LogP contribution is 2.05. The van der Waals surface area contributed by atoms with E-state index in [0.717, 1.165) is 12.8 Å². The van der Waals surface area contributed by atoms with Gasteiger partial charge in [0.25, 0.3) is 5.91 Å². The summed E-state index contributed by atoms with van der Waals surface area (Å²) < 4.78 is 0. The van der Waals surface area contributed by atoms with Crippen molar-refractivity contribution in [3.63, 3.8) is 0 Å². The standard InChI is InChI=1S/C11H17BN2O3/c1-2-3-4-14-11(15)8-5-9(12(16)17)7-10(13)6-8/h5-7,16-17H,2-4,13H2,1H3,(H,14,15). The molecule has 6 heteroatoms. The molecule has 0 aliphatic carbocycles. The Morgan fingerprint density at radius 2 is 2.12 bits per heavy atom. The first-order valence-corrected chi connectivity index (χ1v) is 5.59. The number of benzene rings is 1. The summed E-state index contributed by atoms with van der Waals surface area (Å²) >= 11 is 0. The molecule has 1 amide bonds. The molecule has 5 nitrogen and oxygen atoms in total. The van der Waals surface area contributed by atoms with Gasteiger partial charge < -0.3 is 21.1 Å². The number of unbranched alkanes of at least 4 members (excludes halogenated alkanes) is 1. The number of rotatable bonds is 5. The molecule has 0 bridgehead atoms. The number of nitrogens with two attached hydrogens (primary N) is 1. The third-order valence-electron chi connectivity index (χ3n) is 2.35. The average Bonchev–Trinajstić information content (AvgIpc) is 2.28.